The van der Waals surface area contributed by atoms with Gasteiger partial charge in [-0.25, -0.2) is 19.4 Å². The Hall–Kier alpha value is -5.65. The molecule has 0 aliphatic carbocycles. The van der Waals surface area contributed by atoms with Gasteiger partial charge >= 0.3 is 13.9 Å². The number of hydrogen-bond donors (Lipinski definition) is 3. The Labute approximate surface area is 367 Å². The summed E-state index contributed by atoms with van der Waals surface area (Å²) in [5, 5.41) is 2.76. The van der Waals surface area contributed by atoms with Crippen LogP contribution in [0.5, 0.6) is 0 Å². The minimum atomic E-state index is -4.13. The molecule has 5 atom stereocenters. The van der Waals surface area contributed by atoms with E-state index < -0.39 is 54.5 Å². The van der Waals surface area contributed by atoms with Crippen LogP contribution in [0.4, 0.5) is 10.7 Å². The quantitative estimate of drug-likeness (QED) is 0.0340. The van der Waals surface area contributed by atoms with Crippen molar-refractivity contribution in [1.29, 1.82) is 0 Å². The minimum absolute atomic E-state index is 0.00663. The molecule has 0 radical (unpaired) electrons. The number of imidazole rings is 1. The van der Waals surface area contributed by atoms with Gasteiger partial charge in [0.25, 0.3) is 5.56 Å². The lowest BCUT2D eigenvalue weighted by atomic mass is 9.79. The van der Waals surface area contributed by atoms with Gasteiger partial charge in [0.15, 0.2) is 34.2 Å². The molecule has 8 rings (SSSR count). The normalized spacial score (nSPS) is 20.8. The van der Waals surface area contributed by atoms with Crippen molar-refractivity contribution in [1.82, 2.24) is 24.6 Å². The summed E-state index contributed by atoms with van der Waals surface area (Å²) in [5.74, 6) is -0.00921. The highest BCUT2D eigenvalue weighted by atomic mass is 32.2. The number of aromatic nitrogens is 4. The summed E-state index contributed by atoms with van der Waals surface area (Å²) in [5.41, 5.74) is 5.51. The molecular weight excluding hydrogens is 848 g/mol. The third kappa shape index (κ3) is 9.09. The van der Waals surface area contributed by atoms with Gasteiger partial charge in [0.05, 0.1) is 31.6 Å². The van der Waals surface area contributed by atoms with E-state index in [1.807, 2.05) is 135 Å². The third-order valence-electron chi connectivity index (χ3n) is 11.0. The van der Waals surface area contributed by atoms with Gasteiger partial charge in [-0.05, 0) is 43.0 Å². The van der Waals surface area contributed by atoms with Crippen molar-refractivity contribution in [2.45, 2.75) is 57.0 Å². The summed E-state index contributed by atoms with van der Waals surface area (Å²) in [6.07, 6.45) is -2.77. The number of carbonyl (C=O) groups is 2. The maximum absolute atomic E-state index is 14.5. The van der Waals surface area contributed by atoms with E-state index in [0.29, 0.717) is 0 Å². The average Bonchev–Trinajstić information content (AvgIpc) is 3.93. The Morgan fingerprint density at radius 3 is 2.11 bits per heavy atom. The molecule has 4 heterocycles. The smallest absolute Gasteiger partial charge is 0.424 e. The molecule has 2 saturated heterocycles. The van der Waals surface area contributed by atoms with Crippen molar-refractivity contribution < 1.29 is 42.1 Å². The van der Waals surface area contributed by atoms with E-state index in [-0.39, 0.29) is 54.3 Å². The van der Waals surface area contributed by atoms with Crippen LogP contribution < -0.4 is 16.4 Å². The highest BCUT2D eigenvalue weighted by molar-refractivity contribution is 8.13. The SMILES string of the molecule is CC(C)(COC(c1ccccc1)(c1ccccc1)c1ccccc1)C(=O)SCCOP(=O)(NCc1ccccc1)OC[C@H]1O[C@@H](n2cnc3c(=O)[nH]c(N)nc32)C2(C)OC(=O)O[C@@H]12. The topological polar surface area (TPSA) is 208 Å². The van der Waals surface area contributed by atoms with Crippen molar-refractivity contribution in [3.05, 3.63) is 160 Å². The molecule has 328 valence electrons. The molecule has 0 saturated carbocycles. The van der Waals surface area contributed by atoms with Gasteiger partial charge in [-0.15, -0.1) is 0 Å². The predicted octanol–water partition coefficient (Wildman–Crippen LogP) is 7.12. The highest BCUT2D eigenvalue weighted by Gasteiger charge is 2.64. The first-order chi connectivity index (χ1) is 30.3. The van der Waals surface area contributed by atoms with Gasteiger partial charge in [0.2, 0.25) is 5.95 Å². The number of thioether (sulfide) groups is 1. The molecular formula is C45H47N6O10PS. The van der Waals surface area contributed by atoms with Gasteiger partial charge in [0.1, 0.15) is 11.7 Å². The number of nitrogens with one attached hydrogen (secondary N) is 2. The maximum atomic E-state index is 14.5. The zero-order valence-corrected chi connectivity index (χ0v) is 36.5. The summed E-state index contributed by atoms with van der Waals surface area (Å²) in [4.78, 5) is 49.8. The van der Waals surface area contributed by atoms with Gasteiger partial charge < -0.3 is 24.7 Å². The Kier molecular flexibility index (Phi) is 12.7. The van der Waals surface area contributed by atoms with Gasteiger partial charge in [-0.1, -0.05) is 133 Å². The Balaban J connectivity index is 0.952. The van der Waals surface area contributed by atoms with Crippen LogP contribution >= 0.6 is 19.5 Å². The lowest BCUT2D eigenvalue weighted by molar-refractivity contribution is -0.124. The van der Waals surface area contributed by atoms with E-state index >= 15 is 0 Å². The van der Waals surface area contributed by atoms with E-state index in [2.05, 4.69) is 20.0 Å². The van der Waals surface area contributed by atoms with Crippen molar-refractivity contribution in [3.8, 4) is 0 Å². The van der Waals surface area contributed by atoms with Crippen LogP contribution in [0, 0.1) is 5.41 Å². The number of fused-ring (bicyclic) bond motifs is 2. The van der Waals surface area contributed by atoms with Crippen molar-refractivity contribution >= 4 is 47.9 Å². The number of ether oxygens (including phenoxy) is 4. The second-order valence-corrected chi connectivity index (χ2v) is 18.8. The third-order valence-corrected chi connectivity index (χ3v) is 13.7. The highest BCUT2D eigenvalue weighted by Crippen LogP contribution is 2.50. The molecule has 63 heavy (non-hydrogen) atoms. The number of rotatable bonds is 18. The number of carbonyl (C=O) groups excluding carboxylic acids is 2. The van der Waals surface area contributed by atoms with E-state index in [4.69, 9.17) is 33.7 Å². The van der Waals surface area contributed by atoms with Crippen LogP contribution in [-0.2, 0) is 49.5 Å². The second kappa shape index (κ2) is 18.2. The van der Waals surface area contributed by atoms with Crippen molar-refractivity contribution in [2.75, 3.05) is 31.3 Å². The van der Waals surface area contributed by atoms with Gasteiger partial charge in [-0.2, -0.15) is 4.98 Å². The first kappa shape index (κ1) is 44.0. The summed E-state index contributed by atoms with van der Waals surface area (Å²) in [6.45, 7) is 4.96. The van der Waals surface area contributed by atoms with Crippen LogP contribution in [0.3, 0.4) is 0 Å². The maximum Gasteiger partial charge on any atom is 0.509 e. The largest absolute Gasteiger partial charge is 0.509 e. The molecule has 0 spiro atoms. The minimum Gasteiger partial charge on any atom is -0.424 e. The zero-order valence-electron chi connectivity index (χ0n) is 34.7. The Morgan fingerprint density at radius 1 is 0.921 bits per heavy atom. The molecule has 0 bridgehead atoms. The molecule has 16 nitrogen and oxygen atoms in total. The molecule has 6 aromatic rings. The molecule has 18 heteroatoms. The average molecular weight is 895 g/mol. The lowest BCUT2D eigenvalue weighted by Gasteiger charge is -2.38. The number of nitrogen functional groups attached to an aromatic ring is 1. The molecule has 2 aliphatic heterocycles. The molecule has 2 unspecified atom stereocenters. The van der Waals surface area contributed by atoms with Crippen LogP contribution in [0.15, 0.2) is 132 Å². The first-order valence-corrected chi connectivity index (χ1v) is 22.8. The van der Waals surface area contributed by atoms with Crippen molar-refractivity contribution in [2.24, 2.45) is 5.41 Å². The Morgan fingerprint density at radius 2 is 1.51 bits per heavy atom. The molecule has 4 aromatic carbocycles. The number of benzene rings is 4. The summed E-state index contributed by atoms with van der Waals surface area (Å²) in [6, 6.07) is 39.1. The molecule has 2 aromatic heterocycles. The monoisotopic (exact) mass is 894 g/mol. The van der Waals surface area contributed by atoms with Crippen LogP contribution in [0.1, 0.15) is 49.3 Å². The predicted molar refractivity (Wildman–Crippen MR) is 235 cm³/mol. The number of nitrogens with two attached hydrogens (primary N) is 1. The van der Waals surface area contributed by atoms with E-state index in [1.165, 1.54) is 10.9 Å². The standard InChI is InChI=1S/C45H47N6O10PS/c1-43(2,28-56-45(31-18-10-5-11-19-31,32-20-12-6-13-21-32)33-22-14-7-15-23-33)40(53)63-25-24-57-62(55,48-26-30-16-8-4-9-17-30)58-27-34-36-44(3,61-42(54)60-36)39(59-34)51-29-47-35-37(51)49-41(46)50-38(35)52/h4-23,29,34,36,39H,24-28H2,1-3H3,(H,48,55)(H3,46,49,50,52)/t34-,36+,39-,44?,62?/m1/s1. The molecule has 2 fully saturated rings. The molecule has 2 aliphatic rings. The van der Waals surface area contributed by atoms with Crippen LogP contribution in [0.2, 0.25) is 0 Å². The molecule has 4 N–H and O–H groups in total. The fraction of sp³-hybridized carbons (Fsp3) is 0.311. The Bertz CT molecular complexity index is 2560. The number of anilines is 1. The first-order valence-electron chi connectivity index (χ1n) is 20.2. The van der Waals surface area contributed by atoms with Gasteiger partial charge in [-0.3, -0.25) is 28.2 Å². The van der Waals surface area contributed by atoms with Crippen molar-refractivity contribution in [3.63, 3.8) is 0 Å². The summed E-state index contributed by atoms with van der Waals surface area (Å²) < 4.78 is 52.3. The number of hydrogen-bond acceptors (Lipinski definition) is 14. The van der Waals surface area contributed by atoms with Gasteiger partial charge in [0, 0.05) is 12.3 Å². The number of nitrogens with zero attached hydrogens (tertiary/aromatic N) is 3. The second-order valence-electron chi connectivity index (χ2n) is 15.9. The summed E-state index contributed by atoms with van der Waals surface area (Å²) >= 11 is 1.04. The fourth-order valence-corrected chi connectivity index (χ4v) is 9.99. The van der Waals surface area contributed by atoms with Crippen LogP contribution in [0.25, 0.3) is 11.2 Å². The fourth-order valence-electron chi connectivity index (χ4n) is 7.76. The summed E-state index contributed by atoms with van der Waals surface area (Å²) in [7, 11) is -4.13. The van der Waals surface area contributed by atoms with Crippen LogP contribution in [-0.4, -0.2) is 74.2 Å². The van der Waals surface area contributed by atoms with E-state index in [1.54, 1.807) is 6.92 Å². The number of H-pyrrole nitrogens is 1. The van der Waals surface area contributed by atoms with E-state index in [0.717, 1.165) is 34.0 Å². The lowest BCUT2D eigenvalue weighted by Crippen LogP contribution is -2.42. The number of aromatic amines is 1. The van der Waals surface area contributed by atoms with E-state index in [9.17, 15) is 18.9 Å². The molecule has 0 amide bonds. The zero-order chi connectivity index (χ0) is 44.2.